The van der Waals surface area contributed by atoms with Crippen molar-refractivity contribution in [3.63, 3.8) is 0 Å². The van der Waals surface area contributed by atoms with Gasteiger partial charge in [0.2, 0.25) is 5.91 Å². The summed E-state index contributed by atoms with van der Waals surface area (Å²) in [7, 11) is 1.27. The molecule has 0 aromatic rings. The normalized spacial score (nSPS) is 41.8. The third-order valence-corrected chi connectivity index (χ3v) is 5.16. The van der Waals surface area contributed by atoms with Crippen molar-refractivity contribution in [1.29, 1.82) is 0 Å². The van der Waals surface area contributed by atoms with Crippen LogP contribution in [-0.4, -0.2) is 113 Å². The van der Waals surface area contributed by atoms with Gasteiger partial charge in [-0.25, -0.2) is 4.79 Å². The largest absolute Gasteiger partial charge is 0.617 e. The molecule has 2 amide bonds. The molecule has 0 bridgehead atoms. The fourth-order valence-corrected chi connectivity index (χ4v) is 3.51. The number of carbonyl (C=O) groups is 2. The molecule has 13 heteroatoms. The second kappa shape index (κ2) is 10.1. The number of nitrogens with zero attached hydrogens (tertiary/aromatic N) is 1. The van der Waals surface area contributed by atoms with Crippen LogP contribution in [0.5, 0.6) is 0 Å². The van der Waals surface area contributed by atoms with Gasteiger partial charge in [0, 0.05) is 20.0 Å². The number of nitrogens with one attached hydrogen (secondary N) is 1. The van der Waals surface area contributed by atoms with Crippen LogP contribution in [-0.2, 0) is 28.5 Å². The zero-order chi connectivity index (χ0) is 22.7. The number of aliphatic hydroxyl groups excluding tert-OH is 4. The second-order valence-electron chi connectivity index (χ2n) is 7.26. The summed E-state index contributed by atoms with van der Waals surface area (Å²) in [4.78, 5) is 23.7. The average Bonchev–Trinajstić information content (AvgIpc) is 2.69. The van der Waals surface area contributed by atoms with Crippen molar-refractivity contribution in [3.8, 4) is 0 Å². The van der Waals surface area contributed by atoms with Crippen molar-refractivity contribution < 1.29 is 53.7 Å². The third kappa shape index (κ3) is 4.95. The monoisotopic (exact) mass is 436 g/mol. The highest BCUT2D eigenvalue weighted by atomic mass is 16.7. The predicted octanol–water partition coefficient (Wildman–Crippen LogP) is -3.58. The lowest BCUT2D eigenvalue weighted by Crippen LogP contribution is -2.67. The Kier molecular flexibility index (Phi) is 8.24. The first-order valence-corrected chi connectivity index (χ1v) is 9.26. The first-order chi connectivity index (χ1) is 14.0. The molecule has 13 nitrogen and oxygen atoms in total. The molecule has 172 valence electrons. The second-order valence-corrected chi connectivity index (χ2v) is 7.26. The maximum Gasteiger partial charge on any atom is 0.426 e. The molecule has 0 saturated carbocycles. The third-order valence-electron chi connectivity index (χ3n) is 5.16. The minimum absolute atomic E-state index is 0.213. The number of methoxy groups -OCH3 is 1. The van der Waals surface area contributed by atoms with E-state index in [9.17, 15) is 35.2 Å². The molecule has 0 aliphatic carbocycles. The predicted molar refractivity (Wildman–Crippen MR) is 96.8 cm³/mol. The van der Waals surface area contributed by atoms with E-state index in [0.717, 1.165) is 0 Å². The molecule has 0 aromatic carbocycles. The number of hydrogen-bond donors (Lipinski definition) is 5. The molecule has 2 fully saturated rings. The molecule has 5 N–H and O–H groups in total. The first kappa shape index (κ1) is 24.6. The summed E-state index contributed by atoms with van der Waals surface area (Å²) in [6.45, 7) is 4.93. The van der Waals surface area contributed by atoms with Crippen molar-refractivity contribution in [2.24, 2.45) is 5.92 Å². The van der Waals surface area contributed by atoms with Gasteiger partial charge in [0.15, 0.2) is 18.7 Å². The number of ether oxygens (including phenoxy) is 4. The minimum Gasteiger partial charge on any atom is -0.617 e. The van der Waals surface area contributed by atoms with Gasteiger partial charge in [-0.1, -0.05) is 6.92 Å². The Morgan fingerprint density at radius 2 is 1.80 bits per heavy atom. The molecule has 2 aliphatic rings. The van der Waals surface area contributed by atoms with Crippen LogP contribution in [0.25, 0.3) is 0 Å². The van der Waals surface area contributed by atoms with E-state index < -0.39 is 79.6 Å². The summed E-state index contributed by atoms with van der Waals surface area (Å²) in [5, 5.41) is 54.5. The van der Waals surface area contributed by atoms with Crippen molar-refractivity contribution in [1.82, 2.24) is 5.32 Å². The quantitative estimate of drug-likeness (QED) is 0.120. The lowest BCUT2D eigenvalue weighted by molar-refractivity contribution is -0.398. The molecular formula is C17H28N2O11. The summed E-state index contributed by atoms with van der Waals surface area (Å²) < 4.78 is 21.4. The van der Waals surface area contributed by atoms with Crippen LogP contribution in [0.15, 0.2) is 0 Å². The standard InChI is InChI=1S/C17H28N2O11/c1-6-10(22)12(24)17(29-13(6)15(25)19(3)26)30-14-9(18-7(2)21)16(27-4)28-8(5-20)11(14)23/h6,8-14,16-17,20,22-24H,3,5H2,1-2,4H3,(H,18,21)/t6-,8?,9?,10?,11+,12?,13?,14?,16+,17-/m0/s1. The first-order valence-electron chi connectivity index (χ1n) is 9.26. The molecule has 2 aliphatic heterocycles. The van der Waals surface area contributed by atoms with Gasteiger partial charge in [0.25, 0.3) is 0 Å². The fourth-order valence-electron chi connectivity index (χ4n) is 3.51. The Balaban J connectivity index is 2.32. The molecule has 0 spiro atoms. The summed E-state index contributed by atoms with van der Waals surface area (Å²) in [5.74, 6) is -2.58. The van der Waals surface area contributed by atoms with Gasteiger partial charge in [0.1, 0.15) is 37.2 Å². The van der Waals surface area contributed by atoms with Gasteiger partial charge in [-0.2, -0.15) is 0 Å². The SMILES string of the molecule is C=[N+]([O-])C(=O)C1O[C@@H](OC2C(NC(C)=O)[C@H](OC)OC(CO)[C@H]2O)C(O)C(O)[C@@H]1C. The number of hydrogen-bond acceptors (Lipinski definition) is 11. The number of amides is 2. The Morgan fingerprint density at radius 3 is 2.30 bits per heavy atom. The van der Waals surface area contributed by atoms with Gasteiger partial charge in [-0.15, -0.1) is 4.74 Å². The molecule has 2 saturated heterocycles. The highest BCUT2D eigenvalue weighted by Crippen LogP contribution is 2.31. The maximum absolute atomic E-state index is 12.1. The van der Waals surface area contributed by atoms with E-state index in [-0.39, 0.29) is 4.74 Å². The number of hydroxylamine groups is 1. The van der Waals surface area contributed by atoms with E-state index in [1.165, 1.54) is 21.0 Å². The molecule has 2 rings (SSSR count). The maximum atomic E-state index is 12.1. The van der Waals surface area contributed by atoms with E-state index in [1.54, 1.807) is 0 Å². The minimum atomic E-state index is -1.67. The Morgan fingerprint density at radius 1 is 1.17 bits per heavy atom. The summed E-state index contributed by atoms with van der Waals surface area (Å²) in [6.07, 6.45) is -11.5. The van der Waals surface area contributed by atoms with Gasteiger partial charge in [0.05, 0.1) is 12.7 Å². The molecular weight excluding hydrogens is 408 g/mol. The molecule has 2 heterocycles. The van der Waals surface area contributed by atoms with Crippen molar-refractivity contribution in [2.45, 2.75) is 69.1 Å². The van der Waals surface area contributed by atoms with Crippen LogP contribution in [0.2, 0.25) is 0 Å². The number of aliphatic hydroxyl groups is 4. The van der Waals surface area contributed by atoms with E-state index in [0.29, 0.717) is 0 Å². The highest BCUT2D eigenvalue weighted by molar-refractivity contribution is 5.75. The Hall–Kier alpha value is -1.71. The van der Waals surface area contributed by atoms with Gasteiger partial charge < -0.3 is 49.9 Å². The van der Waals surface area contributed by atoms with Crippen molar-refractivity contribution >= 4 is 18.5 Å². The summed E-state index contributed by atoms with van der Waals surface area (Å²) in [5.41, 5.74) is 0. The lowest BCUT2D eigenvalue weighted by Gasteiger charge is -2.47. The Bertz CT molecular complexity index is 647. The van der Waals surface area contributed by atoms with Crippen LogP contribution in [0, 0.1) is 11.1 Å². The number of rotatable bonds is 6. The van der Waals surface area contributed by atoms with E-state index in [1.807, 2.05) is 0 Å². The van der Waals surface area contributed by atoms with Gasteiger partial charge in [-0.05, 0) is 0 Å². The Labute approximate surface area is 172 Å². The van der Waals surface area contributed by atoms with Gasteiger partial charge >= 0.3 is 5.91 Å². The molecule has 0 radical (unpaired) electrons. The molecule has 10 atom stereocenters. The van der Waals surface area contributed by atoms with Crippen LogP contribution in [0.1, 0.15) is 13.8 Å². The summed E-state index contributed by atoms with van der Waals surface area (Å²) >= 11 is 0. The fraction of sp³-hybridized carbons (Fsp3) is 0.824. The zero-order valence-corrected chi connectivity index (χ0v) is 16.8. The van der Waals surface area contributed by atoms with E-state index in [4.69, 9.17) is 18.9 Å². The topological polar surface area (TPSA) is 190 Å². The molecule has 30 heavy (non-hydrogen) atoms. The average molecular weight is 436 g/mol. The van der Waals surface area contributed by atoms with Crippen molar-refractivity contribution in [3.05, 3.63) is 5.21 Å². The number of carbonyl (C=O) groups excluding carboxylic acids is 2. The molecule has 0 aromatic heterocycles. The smallest absolute Gasteiger partial charge is 0.426 e. The lowest BCUT2D eigenvalue weighted by atomic mass is 9.90. The highest BCUT2D eigenvalue weighted by Gasteiger charge is 2.53. The molecule has 6 unspecified atom stereocenters. The van der Waals surface area contributed by atoms with Crippen LogP contribution in [0.4, 0.5) is 0 Å². The zero-order valence-electron chi connectivity index (χ0n) is 16.8. The summed E-state index contributed by atoms with van der Waals surface area (Å²) in [6, 6.07) is -1.10. The van der Waals surface area contributed by atoms with Crippen LogP contribution >= 0.6 is 0 Å². The van der Waals surface area contributed by atoms with Crippen molar-refractivity contribution in [2.75, 3.05) is 13.7 Å². The van der Waals surface area contributed by atoms with Gasteiger partial charge in [-0.3, -0.25) is 4.79 Å². The van der Waals surface area contributed by atoms with Crippen LogP contribution in [0.3, 0.4) is 0 Å². The van der Waals surface area contributed by atoms with Crippen LogP contribution < -0.4 is 5.32 Å². The van der Waals surface area contributed by atoms with E-state index in [2.05, 4.69) is 12.0 Å². The van der Waals surface area contributed by atoms with E-state index >= 15 is 0 Å².